The van der Waals surface area contributed by atoms with Crippen LogP contribution in [0.25, 0.3) is 5.69 Å². The molecule has 1 aromatic carbocycles. The number of urea groups is 1. The number of aromatic nitrogens is 2. The standard InChI is InChI=1S/C19H28N4O2/c1-6-22(13-19(4,5)25)18(24)20-12-17-14(2)21-23(15(17)3)16-10-8-7-9-11-16/h7-11,25H,6,12-13H2,1-5H3,(H,20,24). The number of benzene rings is 1. The summed E-state index contributed by atoms with van der Waals surface area (Å²) in [5.74, 6) is 0. The van der Waals surface area contributed by atoms with Crippen LogP contribution in [0.3, 0.4) is 0 Å². The Bertz CT molecular complexity index is 717. The molecule has 6 heteroatoms. The van der Waals surface area contributed by atoms with Crippen molar-refractivity contribution in [3.8, 4) is 5.69 Å². The first kappa shape index (κ1) is 19.0. The average Bonchev–Trinajstić information content (AvgIpc) is 2.85. The van der Waals surface area contributed by atoms with Crippen LogP contribution in [0.2, 0.25) is 0 Å². The van der Waals surface area contributed by atoms with E-state index in [-0.39, 0.29) is 12.6 Å². The van der Waals surface area contributed by atoms with Gasteiger partial charge in [0, 0.05) is 24.3 Å². The number of nitrogens with zero attached hydrogens (tertiary/aromatic N) is 3. The fourth-order valence-corrected chi connectivity index (χ4v) is 2.82. The van der Waals surface area contributed by atoms with Crippen LogP contribution in [-0.2, 0) is 6.54 Å². The van der Waals surface area contributed by atoms with Crippen molar-refractivity contribution in [3.63, 3.8) is 0 Å². The van der Waals surface area contributed by atoms with Gasteiger partial charge in [-0.3, -0.25) is 0 Å². The number of carbonyl (C=O) groups excluding carboxylic acids is 1. The predicted octanol–water partition coefficient (Wildman–Crippen LogP) is 2.79. The molecule has 0 spiro atoms. The van der Waals surface area contributed by atoms with Crippen LogP contribution >= 0.6 is 0 Å². The molecule has 2 N–H and O–H groups in total. The molecule has 0 saturated carbocycles. The highest BCUT2D eigenvalue weighted by molar-refractivity contribution is 5.74. The van der Waals surface area contributed by atoms with E-state index in [9.17, 15) is 9.90 Å². The number of hydrogen-bond acceptors (Lipinski definition) is 3. The second kappa shape index (κ2) is 7.70. The molecule has 0 atom stereocenters. The van der Waals surface area contributed by atoms with E-state index >= 15 is 0 Å². The third-order valence-electron chi connectivity index (χ3n) is 4.11. The highest BCUT2D eigenvalue weighted by Crippen LogP contribution is 2.17. The lowest BCUT2D eigenvalue weighted by Gasteiger charge is -2.28. The maximum absolute atomic E-state index is 12.4. The van der Waals surface area contributed by atoms with Gasteiger partial charge in [0.05, 0.1) is 23.5 Å². The molecule has 0 bridgehead atoms. The summed E-state index contributed by atoms with van der Waals surface area (Å²) in [4.78, 5) is 14.0. The quantitative estimate of drug-likeness (QED) is 0.846. The monoisotopic (exact) mass is 344 g/mol. The highest BCUT2D eigenvalue weighted by Gasteiger charge is 2.22. The largest absolute Gasteiger partial charge is 0.389 e. The maximum atomic E-state index is 12.4. The summed E-state index contributed by atoms with van der Waals surface area (Å²) in [6.07, 6.45) is 0. The summed E-state index contributed by atoms with van der Waals surface area (Å²) in [5, 5.41) is 17.5. The number of aliphatic hydroxyl groups is 1. The van der Waals surface area contributed by atoms with Crippen molar-refractivity contribution in [2.75, 3.05) is 13.1 Å². The minimum atomic E-state index is -0.919. The summed E-state index contributed by atoms with van der Waals surface area (Å²) in [7, 11) is 0. The Morgan fingerprint density at radius 3 is 2.48 bits per heavy atom. The molecule has 0 fully saturated rings. The van der Waals surface area contributed by atoms with Crippen molar-refractivity contribution < 1.29 is 9.90 Å². The number of nitrogens with one attached hydrogen (secondary N) is 1. The normalized spacial score (nSPS) is 11.4. The van der Waals surface area contributed by atoms with Gasteiger partial charge in [0.15, 0.2) is 0 Å². The van der Waals surface area contributed by atoms with Gasteiger partial charge in [-0.25, -0.2) is 9.48 Å². The first-order valence-electron chi connectivity index (χ1n) is 8.58. The van der Waals surface area contributed by atoms with E-state index in [1.54, 1.807) is 18.7 Å². The number of likely N-dealkylation sites (N-methyl/N-ethyl adjacent to an activating group) is 1. The Morgan fingerprint density at radius 2 is 1.92 bits per heavy atom. The van der Waals surface area contributed by atoms with Crippen LogP contribution in [0.15, 0.2) is 30.3 Å². The van der Waals surface area contributed by atoms with Crippen LogP contribution in [0, 0.1) is 13.8 Å². The van der Waals surface area contributed by atoms with E-state index in [2.05, 4.69) is 10.4 Å². The Morgan fingerprint density at radius 1 is 1.28 bits per heavy atom. The molecule has 2 amide bonds. The SMILES string of the molecule is CCN(CC(C)(C)O)C(=O)NCc1c(C)nn(-c2ccccc2)c1C. The Kier molecular flexibility index (Phi) is 5.85. The fraction of sp³-hybridized carbons (Fsp3) is 0.474. The van der Waals surface area contributed by atoms with Gasteiger partial charge in [-0.15, -0.1) is 0 Å². The lowest BCUT2D eigenvalue weighted by Crippen LogP contribution is -2.46. The van der Waals surface area contributed by atoms with Gasteiger partial charge in [-0.2, -0.15) is 5.10 Å². The van der Waals surface area contributed by atoms with E-state index in [0.29, 0.717) is 13.1 Å². The molecule has 1 heterocycles. The third kappa shape index (κ3) is 4.82. The number of amides is 2. The lowest BCUT2D eigenvalue weighted by atomic mass is 10.1. The second-order valence-electron chi connectivity index (χ2n) is 6.88. The van der Waals surface area contributed by atoms with Crippen LogP contribution < -0.4 is 5.32 Å². The Hall–Kier alpha value is -2.34. The molecule has 0 aliphatic heterocycles. The highest BCUT2D eigenvalue weighted by atomic mass is 16.3. The summed E-state index contributed by atoms with van der Waals surface area (Å²) >= 11 is 0. The van der Waals surface area contributed by atoms with Crippen LogP contribution in [0.5, 0.6) is 0 Å². The number of hydrogen-bond donors (Lipinski definition) is 2. The summed E-state index contributed by atoms with van der Waals surface area (Å²) in [6.45, 7) is 10.5. The van der Waals surface area contributed by atoms with E-state index in [4.69, 9.17) is 0 Å². The minimum absolute atomic E-state index is 0.184. The predicted molar refractivity (Wildman–Crippen MR) is 98.8 cm³/mol. The third-order valence-corrected chi connectivity index (χ3v) is 4.11. The molecule has 1 aromatic heterocycles. The first-order valence-corrected chi connectivity index (χ1v) is 8.58. The molecule has 25 heavy (non-hydrogen) atoms. The molecule has 2 aromatic rings. The molecular weight excluding hydrogens is 316 g/mol. The molecule has 136 valence electrons. The van der Waals surface area contributed by atoms with Gasteiger partial charge in [0.1, 0.15) is 0 Å². The van der Waals surface area contributed by atoms with Gasteiger partial charge < -0.3 is 15.3 Å². The maximum Gasteiger partial charge on any atom is 0.317 e. The lowest BCUT2D eigenvalue weighted by molar-refractivity contribution is 0.0480. The zero-order valence-electron chi connectivity index (χ0n) is 15.7. The zero-order valence-corrected chi connectivity index (χ0v) is 15.7. The fourth-order valence-electron chi connectivity index (χ4n) is 2.82. The summed E-state index contributed by atoms with van der Waals surface area (Å²) < 4.78 is 1.89. The molecule has 0 unspecified atom stereocenters. The molecular formula is C19H28N4O2. The van der Waals surface area contributed by atoms with E-state index in [0.717, 1.165) is 22.6 Å². The van der Waals surface area contributed by atoms with Crippen molar-refractivity contribution in [2.45, 2.75) is 46.8 Å². The smallest absolute Gasteiger partial charge is 0.317 e. The van der Waals surface area contributed by atoms with E-state index in [1.807, 2.05) is 55.8 Å². The van der Waals surface area contributed by atoms with Gasteiger partial charge in [-0.1, -0.05) is 18.2 Å². The average molecular weight is 344 g/mol. The molecule has 0 radical (unpaired) electrons. The molecule has 2 rings (SSSR count). The number of para-hydroxylation sites is 1. The Labute approximate surface area is 149 Å². The van der Waals surface area contributed by atoms with E-state index in [1.165, 1.54) is 0 Å². The first-order chi connectivity index (χ1) is 11.7. The van der Waals surface area contributed by atoms with Crippen molar-refractivity contribution in [1.82, 2.24) is 20.0 Å². The van der Waals surface area contributed by atoms with Crippen molar-refractivity contribution in [2.24, 2.45) is 0 Å². The van der Waals surface area contributed by atoms with Gasteiger partial charge >= 0.3 is 6.03 Å². The molecule has 6 nitrogen and oxygen atoms in total. The van der Waals surface area contributed by atoms with Crippen molar-refractivity contribution in [1.29, 1.82) is 0 Å². The van der Waals surface area contributed by atoms with Gasteiger partial charge in [0.25, 0.3) is 0 Å². The number of aryl methyl sites for hydroxylation is 1. The molecule has 0 aliphatic carbocycles. The summed E-state index contributed by atoms with van der Waals surface area (Å²) in [5.41, 5.74) is 2.99. The van der Waals surface area contributed by atoms with Crippen LogP contribution in [-0.4, -0.2) is 44.5 Å². The van der Waals surface area contributed by atoms with Crippen molar-refractivity contribution >= 4 is 6.03 Å². The topological polar surface area (TPSA) is 70.4 Å². The molecule has 0 saturated heterocycles. The van der Waals surface area contributed by atoms with Crippen LogP contribution in [0.1, 0.15) is 37.7 Å². The van der Waals surface area contributed by atoms with Crippen LogP contribution in [0.4, 0.5) is 4.79 Å². The van der Waals surface area contributed by atoms with Crippen molar-refractivity contribution in [3.05, 3.63) is 47.3 Å². The van der Waals surface area contributed by atoms with Gasteiger partial charge in [-0.05, 0) is 46.8 Å². The van der Waals surface area contributed by atoms with Gasteiger partial charge in [0.2, 0.25) is 0 Å². The molecule has 0 aliphatic rings. The summed E-state index contributed by atoms with van der Waals surface area (Å²) in [6, 6.07) is 9.74. The second-order valence-corrected chi connectivity index (χ2v) is 6.88. The Balaban J connectivity index is 2.11. The minimum Gasteiger partial charge on any atom is -0.389 e. The van der Waals surface area contributed by atoms with E-state index < -0.39 is 5.60 Å². The zero-order chi connectivity index (χ0) is 18.6. The number of carbonyl (C=O) groups is 1. The number of rotatable bonds is 6.